The molecule has 18 heavy (non-hydrogen) atoms. The molecule has 0 N–H and O–H groups in total. The summed E-state index contributed by atoms with van der Waals surface area (Å²) in [6.45, 7) is 4.02. The molecule has 0 amide bonds. The first-order valence-corrected chi connectivity index (χ1v) is 6.45. The first-order valence-electron chi connectivity index (χ1n) is 5.64. The Bertz CT molecular complexity index is 611. The van der Waals surface area contributed by atoms with Gasteiger partial charge in [0.05, 0.1) is 30.2 Å². The number of hydrogen-bond donors (Lipinski definition) is 0. The van der Waals surface area contributed by atoms with Crippen LogP contribution in [0.15, 0.2) is 18.2 Å². The van der Waals surface area contributed by atoms with Gasteiger partial charge in [0.2, 0.25) is 0 Å². The lowest BCUT2D eigenvalue weighted by Gasteiger charge is -2.08. The van der Waals surface area contributed by atoms with Gasteiger partial charge in [0.1, 0.15) is 10.8 Å². The SMILES string of the molecule is COc1ccc(C)cc1-c1sc(CC#N)nc1C. The Morgan fingerprint density at radius 2 is 2.17 bits per heavy atom. The van der Waals surface area contributed by atoms with Crippen molar-refractivity contribution in [2.45, 2.75) is 20.3 Å². The lowest BCUT2D eigenvalue weighted by molar-refractivity contribution is 0.416. The summed E-state index contributed by atoms with van der Waals surface area (Å²) in [7, 11) is 1.67. The van der Waals surface area contributed by atoms with Crippen LogP contribution in [0.2, 0.25) is 0 Å². The van der Waals surface area contributed by atoms with Crippen molar-refractivity contribution in [1.82, 2.24) is 4.98 Å². The van der Waals surface area contributed by atoms with Crippen molar-refractivity contribution in [2.24, 2.45) is 0 Å². The molecule has 0 aliphatic rings. The van der Waals surface area contributed by atoms with Crippen molar-refractivity contribution >= 4 is 11.3 Å². The largest absolute Gasteiger partial charge is 0.496 e. The number of nitriles is 1. The fraction of sp³-hybridized carbons (Fsp3) is 0.286. The van der Waals surface area contributed by atoms with Crippen molar-refractivity contribution in [3.05, 3.63) is 34.5 Å². The number of aromatic nitrogens is 1. The lowest BCUT2D eigenvalue weighted by Crippen LogP contribution is -1.88. The van der Waals surface area contributed by atoms with Crippen LogP contribution in [0.4, 0.5) is 0 Å². The molecule has 0 unspecified atom stereocenters. The lowest BCUT2D eigenvalue weighted by atomic mass is 10.1. The molecule has 1 aromatic heterocycles. The third-order valence-electron chi connectivity index (χ3n) is 2.67. The summed E-state index contributed by atoms with van der Waals surface area (Å²) in [5, 5.41) is 9.58. The maximum atomic E-state index is 8.73. The second-order valence-corrected chi connectivity index (χ2v) is 5.14. The summed E-state index contributed by atoms with van der Waals surface area (Å²) in [6, 6.07) is 8.21. The van der Waals surface area contributed by atoms with Gasteiger partial charge in [-0.2, -0.15) is 5.26 Å². The second kappa shape index (κ2) is 5.19. The van der Waals surface area contributed by atoms with Crippen molar-refractivity contribution in [3.63, 3.8) is 0 Å². The molecule has 0 atom stereocenters. The highest BCUT2D eigenvalue weighted by atomic mass is 32.1. The van der Waals surface area contributed by atoms with E-state index in [0.717, 1.165) is 26.9 Å². The van der Waals surface area contributed by atoms with E-state index in [9.17, 15) is 0 Å². The number of rotatable bonds is 3. The summed E-state index contributed by atoms with van der Waals surface area (Å²) >= 11 is 1.56. The van der Waals surface area contributed by atoms with Crippen LogP contribution in [0.3, 0.4) is 0 Å². The van der Waals surface area contributed by atoms with Crippen LogP contribution in [0.1, 0.15) is 16.3 Å². The smallest absolute Gasteiger partial charge is 0.127 e. The van der Waals surface area contributed by atoms with Gasteiger partial charge in [0.15, 0.2) is 0 Å². The molecule has 4 heteroatoms. The molecule has 0 aliphatic heterocycles. The summed E-state index contributed by atoms with van der Waals surface area (Å²) in [6.07, 6.45) is 0.361. The molecule has 1 aromatic carbocycles. The van der Waals surface area contributed by atoms with Crippen molar-refractivity contribution in [3.8, 4) is 22.3 Å². The zero-order valence-electron chi connectivity index (χ0n) is 10.7. The molecule has 0 radical (unpaired) electrons. The van der Waals surface area contributed by atoms with E-state index in [2.05, 4.69) is 24.0 Å². The molecule has 2 aromatic rings. The summed E-state index contributed by atoms with van der Waals surface area (Å²) < 4.78 is 5.39. The Morgan fingerprint density at radius 3 is 2.83 bits per heavy atom. The molecule has 0 fully saturated rings. The molecule has 0 saturated carbocycles. The van der Waals surface area contributed by atoms with Crippen LogP contribution in [0.5, 0.6) is 5.75 Å². The van der Waals surface area contributed by atoms with Gasteiger partial charge in [-0.25, -0.2) is 4.98 Å². The molecule has 0 bridgehead atoms. The van der Waals surface area contributed by atoms with Crippen molar-refractivity contribution < 1.29 is 4.74 Å². The highest BCUT2D eigenvalue weighted by Gasteiger charge is 2.13. The second-order valence-electron chi connectivity index (χ2n) is 4.06. The number of hydrogen-bond acceptors (Lipinski definition) is 4. The molecular weight excluding hydrogens is 244 g/mol. The van der Waals surface area contributed by atoms with E-state index in [0.29, 0.717) is 6.42 Å². The molecule has 2 rings (SSSR count). The molecular formula is C14H14N2OS. The third kappa shape index (κ3) is 2.36. The van der Waals surface area contributed by atoms with Gasteiger partial charge in [-0.3, -0.25) is 0 Å². The van der Waals surface area contributed by atoms with Crippen LogP contribution < -0.4 is 4.74 Å². The highest BCUT2D eigenvalue weighted by Crippen LogP contribution is 2.37. The van der Waals surface area contributed by atoms with Crippen LogP contribution in [0.25, 0.3) is 10.4 Å². The fourth-order valence-corrected chi connectivity index (χ4v) is 2.86. The number of aryl methyl sites for hydroxylation is 2. The Balaban J connectivity index is 2.54. The van der Waals surface area contributed by atoms with E-state index in [1.165, 1.54) is 5.56 Å². The van der Waals surface area contributed by atoms with Gasteiger partial charge in [0, 0.05) is 5.56 Å². The predicted molar refractivity (Wildman–Crippen MR) is 72.9 cm³/mol. The molecule has 0 aliphatic carbocycles. The number of methoxy groups -OCH3 is 1. The minimum Gasteiger partial charge on any atom is -0.496 e. The normalized spacial score (nSPS) is 10.1. The van der Waals surface area contributed by atoms with Crippen molar-refractivity contribution in [2.75, 3.05) is 7.11 Å². The summed E-state index contributed by atoms with van der Waals surface area (Å²) in [5.41, 5.74) is 3.19. The van der Waals surface area contributed by atoms with Gasteiger partial charge in [0.25, 0.3) is 0 Å². The van der Waals surface area contributed by atoms with Crippen LogP contribution in [-0.4, -0.2) is 12.1 Å². The minimum atomic E-state index is 0.361. The van der Waals surface area contributed by atoms with E-state index >= 15 is 0 Å². The topological polar surface area (TPSA) is 45.9 Å². The molecule has 1 heterocycles. The van der Waals surface area contributed by atoms with Gasteiger partial charge < -0.3 is 4.74 Å². The molecule has 0 spiro atoms. The zero-order chi connectivity index (χ0) is 13.1. The first-order chi connectivity index (χ1) is 8.65. The van der Waals surface area contributed by atoms with Crippen LogP contribution in [0, 0.1) is 25.2 Å². The van der Waals surface area contributed by atoms with Gasteiger partial charge in [-0.15, -0.1) is 11.3 Å². The Morgan fingerprint density at radius 1 is 1.39 bits per heavy atom. The predicted octanol–water partition coefficient (Wildman–Crippen LogP) is 3.50. The Hall–Kier alpha value is -1.86. The Labute approximate surface area is 111 Å². The summed E-state index contributed by atoms with van der Waals surface area (Å²) in [4.78, 5) is 5.51. The van der Waals surface area contributed by atoms with Gasteiger partial charge in [-0.05, 0) is 26.0 Å². The Kier molecular flexibility index (Phi) is 3.63. The monoisotopic (exact) mass is 258 g/mol. The standard InChI is InChI=1S/C14H14N2OS/c1-9-4-5-12(17-3)11(8-9)14-10(2)16-13(18-14)6-7-15/h4-5,8H,6H2,1-3H3. The average Bonchev–Trinajstić information content (AvgIpc) is 2.70. The first kappa shape index (κ1) is 12.6. The number of nitrogens with zero attached hydrogens (tertiary/aromatic N) is 2. The van der Waals surface area contributed by atoms with Gasteiger partial charge in [-0.1, -0.05) is 11.6 Å². The number of benzene rings is 1. The van der Waals surface area contributed by atoms with Crippen LogP contribution >= 0.6 is 11.3 Å². The number of ether oxygens (including phenoxy) is 1. The van der Waals surface area contributed by atoms with E-state index in [1.807, 2.05) is 19.1 Å². The molecule has 92 valence electrons. The maximum absolute atomic E-state index is 8.73. The molecule has 0 saturated heterocycles. The number of thiazole rings is 1. The van der Waals surface area contributed by atoms with Crippen molar-refractivity contribution in [1.29, 1.82) is 5.26 Å². The van der Waals surface area contributed by atoms with E-state index < -0.39 is 0 Å². The quantitative estimate of drug-likeness (QED) is 0.846. The van der Waals surface area contributed by atoms with E-state index in [1.54, 1.807) is 18.4 Å². The van der Waals surface area contributed by atoms with E-state index in [4.69, 9.17) is 10.00 Å². The third-order valence-corrected chi connectivity index (χ3v) is 3.86. The van der Waals surface area contributed by atoms with E-state index in [-0.39, 0.29) is 0 Å². The fourth-order valence-electron chi connectivity index (χ4n) is 1.84. The molecule has 3 nitrogen and oxygen atoms in total. The minimum absolute atomic E-state index is 0.361. The van der Waals surface area contributed by atoms with Gasteiger partial charge >= 0.3 is 0 Å². The maximum Gasteiger partial charge on any atom is 0.127 e. The van der Waals surface area contributed by atoms with Crippen LogP contribution in [-0.2, 0) is 6.42 Å². The zero-order valence-corrected chi connectivity index (χ0v) is 11.5. The highest BCUT2D eigenvalue weighted by molar-refractivity contribution is 7.15. The average molecular weight is 258 g/mol. The summed E-state index contributed by atoms with van der Waals surface area (Å²) in [5.74, 6) is 0.843.